The minimum atomic E-state index is -3.58. The average Bonchev–Trinajstić information content (AvgIpc) is 2.39. The second kappa shape index (κ2) is 7.04. The normalized spacial score (nSPS) is 10.3. The molecule has 2 aromatic rings. The predicted molar refractivity (Wildman–Crippen MR) is 75.8 cm³/mol. The van der Waals surface area contributed by atoms with Gasteiger partial charge in [-0.3, -0.25) is 0 Å². The molecule has 0 radical (unpaired) electrons. The first-order valence-corrected chi connectivity index (χ1v) is 7.15. The average molecular weight is 317 g/mol. The van der Waals surface area contributed by atoms with Crippen molar-refractivity contribution in [2.45, 2.75) is 4.90 Å². The summed E-state index contributed by atoms with van der Waals surface area (Å²) in [6.45, 7) is 0. The smallest absolute Gasteiger partial charge is 0.238 e. The molecule has 0 spiro atoms. The third-order valence-corrected chi connectivity index (χ3v) is 3.27. The molecule has 0 aliphatic heterocycles. The molecule has 0 atom stereocenters. The van der Waals surface area contributed by atoms with E-state index in [0.29, 0.717) is 16.6 Å². The number of halogens is 1. The van der Waals surface area contributed by atoms with E-state index in [1.54, 1.807) is 0 Å². The Kier molecular flexibility index (Phi) is 5.68. The number of primary sulfonamides is 1. The Bertz CT molecular complexity index is 662. The standard InChI is InChI=1S/C6H8N2O2S.C5H5ClN2O/c7-5-1-3-6(4-2-5)11(8,9)10;1-9-4-2-7-3-8-5(4)6/h1-4H,7H2,(H2,8,9,10);2-3H,1H3. The molecule has 1 aromatic carbocycles. The molecule has 0 saturated heterocycles. The lowest BCUT2D eigenvalue weighted by Gasteiger charge is -1.96. The molecule has 108 valence electrons. The van der Waals surface area contributed by atoms with Crippen LogP contribution < -0.4 is 15.6 Å². The summed E-state index contributed by atoms with van der Waals surface area (Å²) in [6.07, 6.45) is 2.88. The number of nitrogens with zero attached hydrogens (tertiary/aromatic N) is 2. The molecule has 0 fully saturated rings. The molecular formula is C11H13ClN4O3S. The van der Waals surface area contributed by atoms with Gasteiger partial charge in [0.15, 0.2) is 10.9 Å². The van der Waals surface area contributed by atoms with Gasteiger partial charge in [0.05, 0.1) is 18.2 Å². The number of hydrogen-bond donors (Lipinski definition) is 2. The minimum absolute atomic E-state index is 0.0756. The monoisotopic (exact) mass is 316 g/mol. The van der Waals surface area contributed by atoms with E-state index >= 15 is 0 Å². The van der Waals surface area contributed by atoms with Crippen LogP contribution >= 0.6 is 11.6 Å². The molecule has 0 aliphatic rings. The number of sulfonamides is 1. The highest BCUT2D eigenvalue weighted by Crippen LogP contribution is 2.17. The first kappa shape index (κ1) is 16.2. The van der Waals surface area contributed by atoms with Gasteiger partial charge in [-0.2, -0.15) is 0 Å². The number of nitrogens with two attached hydrogens (primary N) is 2. The van der Waals surface area contributed by atoms with E-state index in [4.69, 9.17) is 27.2 Å². The van der Waals surface area contributed by atoms with E-state index in [1.165, 1.54) is 43.9 Å². The fraction of sp³-hybridized carbons (Fsp3) is 0.0909. The molecule has 0 aliphatic carbocycles. The topological polar surface area (TPSA) is 121 Å². The molecule has 9 heteroatoms. The van der Waals surface area contributed by atoms with Crippen LogP contribution in [0.3, 0.4) is 0 Å². The lowest BCUT2D eigenvalue weighted by molar-refractivity contribution is 0.411. The molecule has 2 rings (SSSR count). The first-order valence-electron chi connectivity index (χ1n) is 5.22. The van der Waals surface area contributed by atoms with Crippen LogP contribution in [0, 0.1) is 0 Å². The predicted octanol–water partition coefficient (Wildman–Crippen LogP) is 1.05. The van der Waals surface area contributed by atoms with Crippen LogP contribution in [0.1, 0.15) is 0 Å². The van der Waals surface area contributed by atoms with Gasteiger partial charge in [-0.25, -0.2) is 23.5 Å². The number of benzene rings is 1. The molecule has 1 aromatic heterocycles. The number of ether oxygens (including phenoxy) is 1. The second-order valence-electron chi connectivity index (χ2n) is 3.50. The number of methoxy groups -OCH3 is 1. The number of aromatic nitrogens is 2. The van der Waals surface area contributed by atoms with Crippen LogP contribution in [-0.2, 0) is 10.0 Å². The molecule has 0 saturated carbocycles. The fourth-order valence-electron chi connectivity index (χ4n) is 1.10. The molecule has 0 bridgehead atoms. The van der Waals surface area contributed by atoms with Gasteiger partial charge in [0, 0.05) is 5.69 Å². The summed E-state index contributed by atoms with van der Waals surface area (Å²) >= 11 is 5.55. The molecule has 1 heterocycles. The molecule has 7 nitrogen and oxygen atoms in total. The Hall–Kier alpha value is -1.90. The third kappa shape index (κ3) is 5.00. The Balaban J connectivity index is 0.000000204. The van der Waals surface area contributed by atoms with E-state index < -0.39 is 10.0 Å². The van der Waals surface area contributed by atoms with E-state index in [0.717, 1.165) is 0 Å². The second-order valence-corrected chi connectivity index (χ2v) is 5.42. The van der Waals surface area contributed by atoms with Gasteiger partial charge < -0.3 is 10.5 Å². The van der Waals surface area contributed by atoms with Crippen molar-refractivity contribution in [1.29, 1.82) is 0 Å². The zero-order valence-electron chi connectivity index (χ0n) is 10.5. The summed E-state index contributed by atoms with van der Waals surface area (Å²) in [7, 11) is -2.06. The molecule has 0 amide bonds. The van der Waals surface area contributed by atoms with E-state index in [9.17, 15) is 8.42 Å². The van der Waals surface area contributed by atoms with Crippen LogP contribution in [0.5, 0.6) is 5.75 Å². The fourth-order valence-corrected chi connectivity index (χ4v) is 1.78. The van der Waals surface area contributed by atoms with Crippen LogP contribution in [-0.4, -0.2) is 25.5 Å². The summed E-state index contributed by atoms with van der Waals surface area (Å²) in [5.74, 6) is 0.499. The highest BCUT2D eigenvalue weighted by molar-refractivity contribution is 7.89. The molecular weight excluding hydrogens is 304 g/mol. The summed E-state index contributed by atoms with van der Waals surface area (Å²) in [5.41, 5.74) is 5.85. The Morgan fingerprint density at radius 2 is 1.85 bits per heavy atom. The van der Waals surface area contributed by atoms with Crippen molar-refractivity contribution in [1.82, 2.24) is 9.97 Å². The van der Waals surface area contributed by atoms with Gasteiger partial charge in [0.1, 0.15) is 6.33 Å². The third-order valence-electron chi connectivity index (χ3n) is 2.06. The van der Waals surface area contributed by atoms with Crippen molar-refractivity contribution in [3.05, 3.63) is 41.9 Å². The lowest BCUT2D eigenvalue weighted by Crippen LogP contribution is -2.11. The Morgan fingerprint density at radius 3 is 2.25 bits per heavy atom. The number of rotatable bonds is 2. The van der Waals surface area contributed by atoms with Crippen LogP contribution in [0.2, 0.25) is 5.15 Å². The zero-order chi connectivity index (χ0) is 15.2. The maximum Gasteiger partial charge on any atom is 0.238 e. The highest BCUT2D eigenvalue weighted by atomic mass is 35.5. The lowest BCUT2D eigenvalue weighted by atomic mass is 10.3. The van der Waals surface area contributed by atoms with Crippen LogP contribution in [0.15, 0.2) is 41.7 Å². The van der Waals surface area contributed by atoms with Crippen molar-refractivity contribution in [3.8, 4) is 5.75 Å². The van der Waals surface area contributed by atoms with Crippen molar-refractivity contribution in [2.24, 2.45) is 5.14 Å². The number of hydrogen-bond acceptors (Lipinski definition) is 6. The molecule has 0 unspecified atom stereocenters. The largest absolute Gasteiger partial charge is 0.492 e. The van der Waals surface area contributed by atoms with Crippen LogP contribution in [0.25, 0.3) is 0 Å². The van der Waals surface area contributed by atoms with Crippen molar-refractivity contribution in [3.63, 3.8) is 0 Å². The van der Waals surface area contributed by atoms with Crippen molar-refractivity contribution < 1.29 is 13.2 Å². The first-order chi connectivity index (χ1) is 9.34. The van der Waals surface area contributed by atoms with E-state index in [-0.39, 0.29) is 4.90 Å². The van der Waals surface area contributed by atoms with Gasteiger partial charge in [-0.1, -0.05) is 11.6 Å². The van der Waals surface area contributed by atoms with Gasteiger partial charge >= 0.3 is 0 Å². The maximum absolute atomic E-state index is 10.7. The van der Waals surface area contributed by atoms with Gasteiger partial charge in [0.25, 0.3) is 0 Å². The van der Waals surface area contributed by atoms with Gasteiger partial charge in [0.2, 0.25) is 10.0 Å². The summed E-state index contributed by atoms with van der Waals surface area (Å²) in [6, 6.07) is 5.70. The van der Waals surface area contributed by atoms with E-state index in [2.05, 4.69) is 9.97 Å². The van der Waals surface area contributed by atoms with Crippen molar-refractivity contribution >= 4 is 27.3 Å². The maximum atomic E-state index is 10.7. The molecule has 4 N–H and O–H groups in total. The number of anilines is 1. The van der Waals surface area contributed by atoms with Gasteiger partial charge in [-0.05, 0) is 24.3 Å². The quantitative estimate of drug-likeness (QED) is 0.631. The zero-order valence-corrected chi connectivity index (χ0v) is 12.1. The SMILES string of the molecule is COc1cncnc1Cl.Nc1ccc(S(N)(=O)=O)cc1. The molecule has 20 heavy (non-hydrogen) atoms. The van der Waals surface area contributed by atoms with Crippen molar-refractivity contribution in [2.75, 3.05) is 12.8 Å². The summed E-state index contributed by atoms with van der Waals surface area (Å²) < 4.78 is 26.2. The van der Waals surface area contributed by atoms with E-state index in [1.807, 2.05) is 0 Å². The minimum Gasteiger partial charge on any atom is -0.492 e. The Labute approximate surface area is 121 Å². The van der Waals surface area contributed by atoms with Crippen LogP contribution in [0.4, 0.5) is 5.69 Å². The van der Waals surface area contributed by atoms with Gasteiger partial charge in [-0.15, -0.1) is 0 Å². The Morgan fingerprint density at radius 1 is 1.25 bits per heavy atom. The summed E-state index contributed by atoms with van der Waals surface area (Å²) in [5, 5.41) is 5.18. The number of nitrogen functional groups attached to an aromatic ring is 1. The summed E-state index contributed by atoms with van der Waals surface area (Å²) in [4.78, 5) is 7.45. The highest BCUT2D eigenvalue weighted by Gasteiger charge is 2.05.